The maximum absolute atomic E-state index is 6.07. The third kappa shape index (κ3) is 2.84. The molecule has 0 fully saturated rings. The van der Waals surface area contributed by atoms with Crippen molar-refractivity contribution in [2.45, 2.75) is 0 Å². The molecule has 0 radical (unpaired) electrons. The summed E-state index contributed by atoms with van der Waals surface area (Å²) in [5.41, 5.74) is 8.19. The molecule has 0 spiro atoms. The van der Waals surface area contributed by atoms with Crippen molar-refractivity contribution in [3.63, 3.8) is 0 Å². The average molecular weight is 263 g/mol. The number of aromatic nitrogens is 1. The summed E-state index contributed by atoms with van der Waals surface area (Å²) >= 11 is 6.07. The Labute approximate surface area is 111 Å². The Kier molecular flexibility index (Phi) is 3.58. The number of nitrogens with zero attached hydrogens (tertiary/aromatic N) is 2. The molecule has 0 aliphatic carbocycles. The van der Waals surface area contributed by atoms with Gasteiger partial charge in [-0.3, -0.25) is 0 Å². The minimum atomic E-state index is 0.505. The van der Waals surface area contributed by atoms with Crippen LogP contribution in [-0.4, -0.2) is 19.1 Å². The lowest BCUT2D eigenvalue weighted by Gasteiger charge is -2.14. The van der Waals surface area contributed by atoms with E-state index in [-0.39, 0.29) is 0 Å². The molecular formula is C13H15ClN4. The number of pyridine rings is 1. The summed E-state index contributed by atoms with van der Waals surface area (Å²) in [6.07, 6.45) is 1.57. The van der Waals surface area contributed by atoms with Gasteiger partial charge in [-0.1, -0.05) is 17.7 Å². The zero-order chi connectivity index (χ0) is 13.1. The predicted molar refractivity (Wildman–Crippen MR) is 77.7 cm³/mol. The van der Waals surface area contributed by atoms with Gasteiger partial charge in [0.2, 0.25) is 0 Å². The maximum Gasteiger partial charge on any atom is 0.149 e. The predicted octanol–water partition coefficient (Wildman–Crippen LogP) is 3.13. The van der Waals surface area contributed by atoms with Crippen molar-refractivity contribution < 1.29 is 0 Å². The van der Waals surface area contributed by atoms with E-state index in [9.17, 15) is 0 Å². The van der Waals surface area contributed by atoms with Gasteiger partial charge < -0.3 is 16.0 Å². The molecule has 0 unspecified atom stereocenters. The second-order valence-electron chi connectivity index (χ2n) is 4.17. The van der Waals surface area contributed by atoms with Crippen LogP contribution in [0.5, 0.6) is 0 Å². The van der Waals surface area contributed by atoms with E-state index in [1.54, 1.807) is 12.3 Å². The molecule has 0 bridgehead atoms. The number of anilines is 4. The highest BCUT2D eigenvalue weighted by Gasteiger charge is 2.04. The summed E-state index contributed by atoms with van der Waals surface area (Å²) in [7, 11) is 3.99. The van der Waals surface area contributed by atoms with Crippen LogP contribution in [0.25, 0.3) is 0 Å². The maximum atomic E-state index is 6.07. The fourth-order valence-electron chi connectivity index (χ4n) is 1.54. The van der Waals surface area contributed by atoms with Gasteiger partial charge >= 0.3 is 0 Å². The third-order valence-corrected chi connectivity index (χ3v) is 2.78. The lowest BCUT2D eigenvalue weighted by atomic mass is 10.2. The molecule has 2 rings (SSSR count). The number of benzene rings is 1. The SMILES string of the molecule is CN(C)c1cccc(Nc2ncc(N)cc2Cl)c1. The molecule has 0 aliphatic rings. The molecule has 0 amide bonds. The monoisotopic (exact) mass is 262 g/mol. The van der Waals surface area contributed by atoms with Crippen molar-refractivity contribution in [3.8, 4) is 0 Å². The van der Waals surface area contributed by atoms with Crippen LogP contribution < -0.4 is 16.0 Å². The van der Waals surface area contributed by atoms with E-state index < -0.39 is 0 Å². The van der Waals surface area contributed by atoms with Gasteiger partial charge in [0.15, 0.2) is 0 Å². The lowest BCUT2D eigenvalue weighted by Crippen LogP contribution is -2.08. The van der Waals surface area contributed by atoms with E-state index in [1.807, 2.05) is 43.3 Å². The van der Waals surface area contributed by atoms with E-state index in [4.69, 9.17) is 17.3 Å². The molecule has 0 atom stereocenters. The van der Waals surface area contributed by atoms with E-state index >= 15 is 0 Å². The second-order valence-corrected chi connectivity index (χ2v) is 4.58. The van der Waals surface area contributed by atoms with Gasteiger partial charge in [0, 0.05) is 25.5 Å². The van der Waals surface area contributed by atoms with Crippen LogP contribution in [0.4, 0.5) is 22.9 Å². The molecule has 5 heteroatoms. The average Bonchev–Trinajstić information content (AvgIpc) is 2.33. The quantitative estimate of drug-likeness (QED) is 0.892. The fraction of sp³-hybridized carbons (Fsp3) is 0.154. The number of nitrogens with one attached hydrogen (secondary N) is 1. The summed E-state index contributed by atoms with van der Waals surface area (Å²) in [6.45, 7) is 0. The Morgan fingerprint density at radius 3 is 2.72 bits per heavy atom. The molecule has 1 aromatic heterocycles. The van der Waals surface area contributed by atoms with E-state index in [0.717, 1.165) is 11.4 Å². The van der Waals surface area contributed by atoms with Gasteiger partial charge in [-0.05, 0) is 24.3 Å². The highest BCUT2D eigenvalue weighted by molar-refractivity contribution is 6.33. The second kappa shape index (κ2) is 5.14. The van der Waals surface area contributed by atoms with Crippen LogP contribution in [0.2, 0.25) is 5.02 Å². The molecule has 0 saturated carbocycles. The van der Waals surface area contributed by atoms with Crippen molar-refractivity contribution in [2.24, 2.45) is 0 Å². The molecule has 0 aliphatic heterocycles. The van der Waals surface area contributed by atoms with Crippen LogP contribution >= 0.6 is 11.6 Å². The van der Waals surface area contributed by atoms with Crippen molar-refractivity contribution >= 4 is 34.5 Å². The van der Waals surface area contributed by atoms with Crippen molar-refractivity contribution in [3.05, 3.63) is 41.6 Å². The van der Waals surface area contributed by atoms with E-state index in [1.165, 1.54) is 0 Å². The fourth-order valence-corrected chi connectivity index (χ4v) is 1.77. The van der Waals surface area contributed by atoms with E-state index in [2.05, 4.69) is 10.3 Å². The zero-order valence-corrected chi connectivity index (χ0v) is 11.1. The topological polar surface area (TPSA) is 54.2 Å². The first-order valence-electron chi connectivity index (χ1n) is 5.51. The highest BCUT2D eigenvalue weighted by atomic mass is 35.5. The molecular weight excluding hydrogens is 248 g/mol. The highest BCUT2D eigenvalue weighted by Crippen LogP contribution is 2.26. The largest absolute Gasteiger partial charge is 0.397 e. The summed E-state index contributed by atoms with van der Waals surface area (Å²) in [5.74, 6) is 0.599. The van der Waals surface area contributed by atoms with Crippen LogP contribution in [-0.2, 0) is 0 Å². The number of nitrogen functional groups attached to an aromatic ring is 1. The Balaban J connectivity index is 2.25. The lowest BCUT2D eigenvalue weighted by molar-refractivity contribution is 1.13. The minimum absolute atomic E-state index is 0.505. The Morgan fingerprint density at radius 1 is 1.28 bits per heavy atom. The smallest absolute Gasteiger partial charge is 0.149 e. The Hall–Kier alpha value is -1.94. The summed E-state index contributed by atoms with van der Waals surface area (Å²) in [5, 5.41) is 3.67. The zero-order valence-electron chi connectivity index (χ0n) is 10.3. The molecule has 2 aromatic rings. The summed E-state index contributed by atoms with van der Waals surface area (Å²) in [4.78, 5) is 6.20. The first kappa shape index (κ1) is 12.5. The molecule has 0 saturated heterocycles. The molecule has 1 heterocycles. The molecule has 1 aromatic carbocycles. The number of nitrogens with two attached hydrogens (primary N) is 1. The van der Waals surface area contributed by atoms with Crippen molar-refractivity contribution in [2.75, 3.05) is 30.0 Å². The minimum Gasteiger partial charge on any atom is -0.397 e. The Bertz CT molecular complexity index is 554. The summed E-state index contributed by atoms with van der Waals surface area (Å²) < 4.78 is 0. The number of hydrogen-bond acceptors (Lipinski definition) is 4. The van der Waals surface area contributed by atoms with Crippen LogP contribution in [0.3, 0.4) is 0 Å². The van der Waals surface area contributed by atoms with Gasteiger partial charge in [0.25, 0.3) is 0 Å². The van der Waals surface area contributed by atoms with Crippen molar-refractivity contribution in [1.82, 2.24) is 4.98 Å². The number of rotatable bonds is 3. The molecule has 3 N–H and O–H groups in total. The van der Waals surface area contributed by atoms with Crippen LogP contribution in [0, 0.1) is 0 Å². The Morgan fingerprint density at radius 2 is 2.06 bits per heavy atom. The van der Waals surface area contributed by atoms with Gasteiger partial charge in [0.1, 0.15) is 5.82 Å². The molecule has 18 heavy (non-hydrogen) atoms. The van der Waals surface area contributed by atoms with Crippen molar-refractivity contribution in [1.29, 1.82) is 0 Å². The van der Waals surface area contributed by atoms with Gasteiger partial charge in [-0.15, -0.1) is 0 Å². The van der Waals surface area contributed by atoms with Gasteiger partial charge in [-0.25, -0.2) is 4.98 Å². The first-order chi connectivity index (χ1) is 8.56. The number of halogens is 1. The van der Waals surface area contributed by atoms with Crippen LogP contribution in [0.1, 0.15) is 0 Å². The third-order valence-electron chi connectivity index (χ3n) is 2.49. The summed E-state index contributed by atoms with van der Waals surface area (Å²) in [6, 6.07) is 9.66. The molecule has 4 nitrogen and oxygen atoms in total. The standard InChI is InChI=1S/C13H15ClN4/c1-18(2)11-5-3-4-10(7-11)17-13-12(14)6-9(15)8-16-13/h3-8H,15H2,1-2H3,(H,16,17). The van der Waals surface area contributed by atoms with Gasteiger partial charge in [-0.2, -0.15) is 0 Å². The number of hydrogen-bond donors (Lipinski definition) is 2. The van der Waals surface area contributed by atoms with Gasteiger partial charge in [0.05, 0.1) is 16.9 Å². The first-order valence-corrected chi connectivity index (χ1v) is 5.89. The molecule has 94 valence electrons. The van der Waals surface area contributed by atoms with Crippen LogP contribution in [0.15, 0.2) is 36.5 Å². The van der Waals surface area contributed by atoms with E-state index in [0.29, 0.717) is 16.5 Å². The normalized spacial score (nSPS) is 10.2.